The van der Waals surface area contributed by atoms with Crippen LogP contribution in [0.5, 0.6) is 0 Å². The van der Waals surface area contributed by atoms with Crippen molar-refractivity contribution in [1.82, 2.24) is 5.32 Å². The van der Waals surface area contributed by atoms with Crippen LogP contribution in [-0.2, 0) is 29.0 Å². The molecule has 25 heavy (non-hydrogen) atoms. The van der Waals surface area contributed by atoms with Gasteiger partial charge in [0, 0.05) is 5.69 Å². The van der Waals surface area contributed by atoms with Crippen LogP contribution in [0.2, 0.25) is 0 Å². The van der Waals surface area contributed by atoms with Gasteiger partial charge in [-0.15, -0.1) is 0 Å². The van der Waals surface area contributed by atoms with Gasteiger partial charge in [-0.2, -0.15) is 13.2 Å². The minimum absolute atomic E-state index is 0.345. The number of nitrogens with one attached hydrogen (secondary N) is 2. The fourth-order valence-electron chi connectivity index (χ4n) is 2.79. The molecule has 0 radical (unpaired) electrons. The molecular formula is C17H17F3N2O2S. The highest BCUT2D eigenvalue weighted by Crippen LogP contribution is 2.31. The molecule has 0 amide bonds. The molecule has 3 rings (SSSR count). The molecule has 0 fully saturated rings. The highest BCUT2D eigenvalue weighted by atomic mass is 32.2. The van der Waals surface area contributed by atoms with Gasteiger partial charge in [-0.05, 0) is 67.4 Å². The Kier molecular flexibility index (Phi) is 4.75. The second-order valence-corrected chi connectivity index (χ2v) is 7.55. The van der Waals surface area contributed by atoms with Crippen LogP contribution in [0.3, 0.4) is 0 Å². The van der Waals surface area contributed by atoms with Gasteiger partial charge in [-0.1, -0.05) is 12.1 Å². The van der Waals surface area contributed by atoms with Gasteiger partial charge in [0.25, 0.3) is 10.0 Å². The second-order valence-electron chi connectivity index (χ2n) is 5.86. The van der Waals surface area contributed by atoms with Gasteiger partial charge < -0.3 is 5.32 Å². The van der Waals surface area contributed by atoms with Crippen molar-refractivity contribution in [2.45, 2.75) is 23.9 Å². The second kappa shape index (κ2) is 6.68. The number of hydrogen-bond acceptors (Lipinski definition) is 3. The van der Waals surface area contributed by atoms with Crippen LogP contribution in [0.25, 0.3) is 0 Å². The fraction of sp³-hybridized carbons (Fsp3) is 0.294. The maximum absolute atomic E-state index is 12.8. The number of benzene rings is 2. The lowest BCUT2D eigenvalue weighted by Crippen LogP contribution is -2.16. The van der Waals surface area contributed by atoms with E-state index >= 15 is 0 Å². The van der Waals surface area contributed by atoms with Gasteiger partial charge in [0.2, 0.25) is 0 Å². The molecular weight excluding hydrogens is 353 g/mol. The Labute approximate surface area is 144 Å². The summed E-state index contributed by atoms with van der Waals surface area (Å²) in [6.45, 7) is 1.67. The van der Waals surface area contributed by atoms with Gasteiger partial charge in [0.15, 0.2) is 0 Å². The van der Waals surface area contributed by atoms with Gasteiger partial charge in [-0.3, -0.25) is 4.72 Å². The Morgan fingerprint density at radius 3 is 2.40 bits per heavy atom. The summed E-state index contributed by atoms with van der Waals surface area (Å²) in [4.78, 5) is -0.418. The summed E-state index contributed by atoms with van der Waals surface area (Å²) < 4.78 is 65.6. The minimum atomic E-state index is -4.59. The van der Waals surface area contributed by atoms with Crippen molar-refractivity contribution in [3.63, 3.8) is 0 Å². The van der Waals surface area contributed by atoms with Crippen molar-refractivity contribution in [1.29, 1.82) is 0 Å². The third-order valence-electron chi connectivity index (χ3n) is 4.07. The molecule has 0 unspecified atom stereocenters. The predicted molar refractivity (Wildman–Crippen MR) is 89.0 cm³/mol. The van der Waals surface area contributed by atoms with E-state index in [0.29, 0.717) is 11.8 Å². The third kappa shape index (κ3) is 4.13. The summed E-state index contributed by atoms with van der Waals surface area (Å²) in [7, 11) is -4.10. The van der Waals surface area contributed by atoms with Crippen molar-refractivity contribution < 1.29 is 21.6 Å². The number of fused-ring (bicyclic) bond motifs is 1. The van der Waals surface area contributed by atoms with E-state index in [9.17, 15) is 21.6 Å². The van der Waals surface area contributed by atoms with Crippen LogP contribution in [0.4, 0.5) is 18.9 Å². The van der Waals surface area contributed by atoms with Crippen LogP contribution in [0.1, 0.15) is 16.7 Å². The van der Waals surface area contributed by atoms with E-state index in [1.807, 2.05) is 6.07 Å². The molecule has 1 aliphatic rings. The first kappa shape index (κ1) is 17.8. The lowest BCUT2D eigenvalue weighted by Gasteiger charge is -2.13. The van der Waals surface area contributed by atoms with Crippen molar-refractivity contribution >= 4 is 15.7 Å². The first-order valence-corrected chi connectivity index (χ1v) is 9.27. The minimum Gasteiger partial charge on any atom is -0.316 e. The molecule has 1 aliphatic heterocycles. The van der Waals surface area contributed by atoms with Gasteiger partial charge in [0.1, 0.15) is 0 Å². The molecule has 2 aromatic rings. The van der Waals surface area contributed by atoms with E-state index in [2.05, 4.69) is 10.0 Å². The normalized spacial score (nSPS) is 15.3. The quantitative estimate of drug-likeness (QED) is 0.872. The molecule has 8 heteroatoms. The van der Waals surface area contributed by atoms with Crippen LogP contribution in [0.15, 0.2) is 47.4 Å². The lowest BCUT2D eigenvalue weighted by atomic mass is 10.0. The number of anilines is 1. The molecule has 2 N–H and O–H groups in total. The number of alkyl halides is 3. The number of rotatable bonds is 3. The molecule has 0 saturated carbocycles. The topological polar surface area (TPSA) is 58.2 Å². The van der Waals surface area contributed by atoms with Crippen LogP contribution in [0, 0.1) is 0 Å². The molecule has 134 valence electrons. The first-order chi connectivity index (χ1) is 11.8. The van der Waals surface area contributed by atoms with E-state index in [4.69, 9.17) is 0 Å². The maximum atomic E-state index is 12.8. The molecule has 1 heterocycles. The van der Waals surface area contributed by atoms with Gasteiger partial charge in [0.05, 0.1) is 10.5 Å². The van der Waals surface area contributed by atoms with E-state index in [0.717, 1.165) is 55.3 Å². The third-order valence-corrected chi connectivity index (χ3v) is 5.45. The standard InChI is InChI=1S/C17H17F3N2O2S/c18-17(19,20)14-2-1-3-16(11-14)25(23,24)22-15-5-4-12-6-8-21-9-7-13(12)10-15/h1-5,10-11,21-22H,6-9H2. The van der Waals surface area contributed by atoms with E-state index < -0.39 is 26.7 Å². The Morgan fingerprint density at radius 2 is 1.68 bits per heavy atom. The highest BCUT2D eigenvalue weighted by Gasteiger charge is 2.31. The fourth-order valence-corrected chi connectivity index (χ4v) is 3.89. The van der Waals surface area contributed by atoms with E-state index in [-0.39, 0.29) is 0 Å². The summed E-state index contributed by atoms with van der Waals surface area (Å²) in [5.74, 6) is 0. The molecule has 2 aromatic carbocycles. The monoisotopic (exact) mass is 370 g/mol. The van der Waals surface area contributed by atoms with Gasteiger partial charge >= 0.3 is 6.18 Å². The SMILES string of the molecule is O=S(=O)(Nc1ccc2c(c1)CCNCC2)c1cccc(C(F)(F)F)c1. The largest absolute Gasteiger partial charge is 0.416 e. The van der Waals surface area contributed by atoms with E-state index in [1.165, 1.54) is 0 Å². The zero-order valence-electron chi connectivity index (χ0n) is 13.2. The average Bonchev–Trinajstić information content (AvgIpc) is 2.79. The zero-order valence-corrected chi connectivity index (χ0v) is 14.0. The Morgan fingerprint density at radius 1 is 0.960 bits per heavy atom. The Balaban J connectivity index is 1.88. The zero-order chi connectivity index (χ0) is 18.1. The number of halogens is 3. The predicted octanol–water partition coefficient (Wildman–Crippen LogP) is 3.19. The van der Waals surface area contributed by atoms with Crippen LogP contribution < -0.4 is 10.0 Å². The van der Waals surface area contributed by atoms with Crippen LogP contribution >= 0.6 is 0 Å². The molecule has 4 nitrogen and oxygen atoms in total. The summed E-state index contributed by atoms with van der Waals surface area (Å²) in [6.07, 6.45) is -2.97. The highest BCUT2D eigenvalue weighted by molar-refractivity contribution is 7.92. The summed E-state index contributed by atoms with van der Waals surface area (Å²) >= 11 is 0. The molecule has 0 spiro atoms. The van der Waals surface area contributed by atoms with Crippen molar-refractivity contribution in [3.05, 3.63) is 59.2 Å². The Hall–Kier alpha value is -2.06. The molecule has 0 aliphatic carbocycles. The molecule has 0 saturated heterocycles. The Bertz CT molecular complexity index is 880. The van der Waals surface area contributed by atoms with E-state index in [1.54, 1.807) is 12.1 Å². The first-order valence-electron chi connectivity index (χ1n) is 7.78. The number of sulfonamides is 1. The average molecular weight is 370 g/mol. The molecule has 0 bridgehead atoms. The van der Waals surface area contributed by atoms with Crippen molar-refractivity contribution in [3.8, 4) is 0 Å². The summed E-state index contributed by atoms with van der Waals surface area (Å²) in [5, 5.41) is 3.26. The van der Waals surface area contributed by atoms with Crippen LogP contribution in [-0.4, -0.2) is 21.5 Å². The molecule has 0 aromatic heterocycles. The molecule has 0 atom stereocenters. The number of hydrogen-bond donors (Lipinski definition) is 2. The lowest BCUT2D eigenvalue weighted by molar-refractivity contribution is -0.137. The summed E-state index contributed by atoms with van der Waals surface area (Å²) in [5.41, 5.74) is 1.53. The maximum Gasteiger partial charge on any atom is 0.416 e. The van der Waals surface area contributed by atoms with Crippen molar-refractivity contribution in [2.75, 3.05) is 17.8 Å². The van der Waals surface area contributed by atoms with Crippen molar-refractivity contribution in [2.24, 2.45) is 0 Å². The smallest absolute Gasteiger partial charge is 0.316 e. The van der Waals surface area contributed by atoms with Gasteiger partial charge in [-0.25, -0.2) is 8.42 Å². The summed E-state index contributed by atoms with van der Waals surface area (Å²) in [6, 6.07) is 8.93.